The van der Waals surface area contributed by atoms with Crippen molar-refractivity contribution in [3.63, 3.8) is 0 Å². The van der Waals surface area contributed by atoms with Crippen molar-refractivity contribution in [3.05, 3.63) is 87.0 Å². The van der Waals surface area contributed by atoms with Crippen LogP contribution in [0.3, 0.4) is 0 Å². The zero-order chi connectivity index (χ0) is 34.2. The average molecular weight is 743 g/mol. The third-order valence-corrected chi connectivity index (χ3v) is 8.33. The van der Waals surface area contributed by atoms with E-state index in [-0.39, 0.29) is 46.5 Å². The topological polar surface area (TPSA) is 0 Å². The van der Waals surface area contributed by atoms with E-state index in [1.807, 2.05) is 0 Å². The number of fused-ring (bicyclic) bond motifs is 3. The van der Waals surface area contributed by atoms with Gasteiger partial charge in [0, 0.05) is 0 Å². The summed E-state index contributed by atoms with van der Waals surface area (Å²) in [6.07, 6.45) is 2.15. The minimum atomic E-state index is 0. The smallest absolute Gasteiger partial charge is 1.00 e. The summed E-state index contributed by atoms with van der Waals surface area (Å²) in [4.78, 5) is 0. The van der Waals surface area contributed by atoms with Crippen LogP contribution in [0.5, 0.6) is 0 Å². The van der Waals surface area contributed by atoms with Gasteiger partial charge in [-0.3, -0.25) is 0 Å². The Balaban J connectivity index is 0.000000994. The predicted molar refractivity (Wildman–Crippen MR) is 195 cm³/mol. The van der Waals surface area contributed by atoms with Crippen LogP contribution in [0, 0.1) is 6.07 Å². The predicted octanol–water partition coefficient (Wildman–Crippen LogP) is 6.27. The maximum atomic E-state index is 3.90. The Hall–Kier alpha value is -0.877. The molecule has 0 saturated carbocycles. The van der Waals surface area contributed by atoms with E-state index in [0.29, 0.717) is 5.41 Å². The van der Waals surface area contributed by atoms with E-state index in [0.717, 1.165) is 12.8 Å². The van der Waals surface area contributed by atoms with E-state index >= 15 is 0 Å². The quantitative estimate of drug-likeness (QED) is 0.202. The molecule has 0 aromatic heterocycles. The summed E-state index contributed by atoms with van der Waals surface area (Å²) in [6, 6.07) is 18.2. The van der Waals surface area contributed by atoms with Crippen molar-refractivity contribution >= 4 is 3.21 Å². The van der Waals surface area contributed by atoms with Gasteiger partial charge in [0.1, 0.15) is 0 Å². The van der Waals surface area contributed by atoms with Gasteiger partial charge in [-0.1, -0.05) is 146 Å². The largest absolute Gasteiger partial charge is 1.00 e. The molecule has 0 bridgehead atoms. The summed E-state index contributed by atoms with van der Waals surface area (Å²) in [6.45, 7) is 41.2. The fraction of sp³-hybridized carbons (Fsp3) is 0.581. The molecule has 256 valence electrons. The van der Waals surface area contributed by atoms with Crippen molar-refractivity contribution in [1.82, 2.24) is 0 Å². The summed E-state index contributed by atoms with van der Waals surface area (Å²) in [7, 11) is 0. The molecule has 0 fully saturated rings. The first-order valence-corrected chi connectivity index (χ1v) is 18.0. The van der Waals surface area contributed by atoms with Gasteiger partial charge in [-0.25, -0.2) is 6.07 Å². The fourth-order valence-corrected chi connectivity index (χ4v) is 5.80. The van der Waals surface area contributed by atoms with Crippen molar-refractivity contribution in [2.75, 3.05) is 0 Å². The van der Waals surface area contributed by atoms with Crippen molar-refractivity contribution < 1.29 is 49.0 Å². The van der Waals surface area contributed by atoms with Crippen LogP contribution in [0.25, 0.3) is 11.1 Å². The number of rotatable bonds is 1. The van der Waals surface area contributed by atoms with Crippen LogP contribution in [0.15, 0.2) is 36.4 Å². The minimum Gasteiger partial charge on any atom is -1.00 e. The van der Waals surface area contributed by atoms with Gasteiger partial charge < -0.3 is 24.8 Å². The molecular weight excluding hydrogens is 679 g/mol. The maximum Gasteiger partial charge on any atom is -1.00 e. The Bertz CT molecular complexity index is 1370. The van der Waals surface area contributed by atoms with Gasteiger partial charge >= 0.3 is 41.3 Å². The van der Waals surface area contributed by atoms with Gasteiger partial charge in [-0.15, -0.1) is 16.7 Å². The minimum absolute atomic E-state index is 0. The first-order valence-electron chi connectivity index (χ1n) is 16.7. The van der Waals surface area contributed by atoms with Gasteiger partial charge in [-0.05, 0) is 39.4 Å². The SMILES string of the molecule is CC(C)(C)c1[c-]c2c(cc1C(C)(C)C)-c1cc(C(C)(C)C)c(C(C)(C)C)cc1C2.CCc1cc(C(C)(C)C)c[cH-]1.C[C](C)=[Zr+2].[Cl-].[Cl-]. The normalized spacial score (nSPS) is 12.8. The molecule has 0 heterocycles. The molecule has 0 aliphatic heterocycles. The number of hydrogen-bond donors (Lipinski definition) is 0. The number of aryl methyl sites for hydroxylation is 1. The maximum absolute atomic E-state index is 3.90. The summed E-state index contributed by atoms with van der Waals surface area (Å²) in [5.74, 6) is 0. The van der Waals surface area contributed by atoms with Crippen LogP contribution in [0.2, 0.25) is 0 Å². The van der Waals surface area contributed by atoms with Gasteiger partial charge in [0.15, 0.2) is 0 Å². The molecule has 0 radical (unpaired) electrons. The third-order valence-electron chi connectivity index (χ3n) is 8.33. The number of halogens is 2. The van der Waals surface area contributed by atoms with Crippen molar-refractivity contribution in [2.24, 2.45) is 0 Å². The standard InChI is InChI=1S/C29H41.C11H17.C3H6.2ClH.Zr/c1-26(2,3)22-14-18-13-19-15-23(27(4,5)6)25(29(10,11)12)17-21(19)20(18)16-24(22)28(7,8)9;1-5-9-6-7-10(8-9)11(2,3)4;1-3-2;;;/h14,16-17H,13H2,1-12H3;6-8H,5H2,1-4H3;1-2H3;2*1H;/q2*-1;;;;+2/p-2. The second-order valence-corrected chi connectivity index (χ2v) is 20.8. The van der Waals surface area contributed by atoms with E-state index < -0.39 is 0 Å². The Labute approximate surface area is 312 Å². The van der Waals surface area contributed by atoms with Gasteiger partial charge in [-0.2, -0.15) is 41.0 Å². The van der Waals surface area contributed by atoms with Crippen molar-refractivity contribution in [3.8, 4) is 11.1 Å². The van der Waals surface area contributed by atoms with Crippen LogP contribution in [0.4, 0.5) is 0 Å². The van der Waals surface area contributed by atoms with Crippen molar-refractivity contribution in [1.29, 1.82) is 0 Å². The van der Waals surface area contributed by atoms with E-state index in [2.05, 4.69) is 167 Å². The first kappa shape index (κ1) is 45.1. The van der Waals surface area contributed by atoms with Gasteiger partial charge in [0.2, 0.25) is 0 Å². The molecule has 1 aliphatic rings. The summed E-state index contributed by atoms with van der Waals surface area (Å²) in [5.41, 5.74) is 15.2. The van der Waals surface area contributed by atoms with E-state index in [4.69, 9.17) is 0 Å². The third kappa shape index (κ3) is 11.9. The van der Waals surface area contributed by atoms with Crippen LogP contribution < -0.4 is 24.8 Å². The number of hydrogen-bond acceptors (Lipinski definition) is 0. The second kappa shape index (κ2) is 16.2. The van der Waals surface area contributed by atoms with Crippen LogP contribution in [-0.2, 0) is 64.2 Å². The monoisotopic (exact) mass is 740 g/mol. The average Bonchev–Trinajstić information content (AvgIpc) is 3.44. The Morgan fingerprint density at radius 2 is 1.09 bits per heavy atom. The molecule has 1 aliphatic carbocycles. The molecule has 0 spiro atoms. The molecule has 3 aromatic rings. The fourth-order valence-electron chi connectivity index (χ4n) is 5.80. The Kier molecular flexibility index (Phi) is 15.9. The molecule has 0 nitrogen and oxygen atoms in total. The second-order valence-electron chi connectivity index (χ2n) is 18.3. The molecule has 0 unspecified atom stereocenters. The van der Waals surface area contributed by atoms with Crippen LogP contribution in [-0.4, -0.2) is 3.21 Å². The molecule has 0 atom stereocenters. The molecule has 0 saturated heterocycles. The van der Waals surface area contributed by atoms with Crippen molar-refractivity contribution in [2.45, 2.75) is 165 Å². The van der Waals surface area contributed by atoms with E-state index in [9.17, 15) is 0 Å². The molecular formula is C43H64Cl2Zr-2. The summed E-state index contributed by atoms with van der Waals surface area (Å²) < 4.78 is 1.51. The molecule has 3 heteroatoms. The van der Waals surface area contributed by atoms with Gasteiger partial charge in [0.05, 0.1) is 0 Å². The van der Waals surface area contributed by atoms with Crippen LogP contribution >= 0.6 is 0 Å². The van der Waals surface area contributed by atoms with Crippen LogP contribution in [0.1, 0.15) is 169 Å². The number of benzene rings is 2. The molecule has 0 N–H and O–H groups in total. The summed E-state index contributed by atoms with van der Waals surface area (Å²) in [5, 5.41) is 0. The Morgan fingerprint density at radius 3 is 1.43 bits per heavy atom. The first-order chi connectivity index (χ1) is 19.7. The molecule has 3 aromatic carbocycles. The Morgan fingerprint density at radius 1 is 0.652 bits per heavy atom. The van der Waals surface area contributed by atoms with Gasteiger partial charge in [0.25, 0.3) is 0 Å². The summed E-state index contributed by atoms with van der Waals surface area (Å²) >= 11 is 1.55. The zero-order valence-electron chi connectivity index (χ0n) is 32.6. The molecule has 4 rings (SSSR count). The molecule has 0 amide bonds. The zero-order valence-corrected chi connectivity index (χ0v) is 36.6. The molecule has 46 heavy (non-hydrogen) atoms. The van der Waals surface area contributed by atoms with E-state index in [1.54, 1.807) is 24.2 Å². The van der Waals surface area contributed by atoms with E-state index in [1.165, 1.54) is 58.8 Å².